The minimum absolute atomic E-state index is 0.546. The predicted octanol–water partition coefficient (Wildman–Crippen LogP) is 2.51. The fourth-order valence-corrected chi connectivity index (χ4v) is 2.59. The van der Waals surface area contributed by atoms with Gasteiger partial charge in [0, 0.05) is 12.2 Å². The number of hydrogen-bond donors (Lipinski definition) is 1. The minimum atomic E-state index is 0.546. The number of nitrogens with two attached hydrogens (primary N) is 1. The zero-order chi connectivity index (χ0) is 11.8. The second-order valence-corrected chi connectivity index (χ2v) is 5.72. The molecule has 17 heavy (non-hydrogen) atoms. The fourth-order valence-electron chi connectivity index (χ4n) is 1.81. The van der Waals surface area contributed by atoms with Gasteiger partial charge >= 0.3 is 0 Å². The van der Waals surface area contributed by atoms with Gasteiger partial charge in [-0.05, 0) is 25.7 Å². The third-order valence-electron chi connectivity index (χ3n) is 2.97. The maximum Gasteiger partial charge on any atom is 0.143 e. The molecule has 1 aliphatic rings. The summed E-state index contributed by atoms with van der Waals surface area (Å²) in [5.74, 6) is 0.769. The quantitative estimate of drug-likeness (QED) is 0.904. The summed E-state index contributed by atoms with van der Waals surface area (Å²) in [5.41, 5.74) is 8.52. The van der Waals surface area contributed by atoms with Crippen LogP contribution in [-0.2, 0) is 11.3 Å². The molecule has 0 aliphatic heterocycles. The Kier molecular flexibility index (Phi) is 2.72. The van der Waals surface area contributed by atoms with Gasteiger partial charge in [-0.3, -0.25) is 0 Å². The zero-order valence-corrected chi connectivity index (χ0v) is 10.6. The number of nitrogens with zero attached hydrogens (tertiary/aromatic N) is 2. The van der Waals surface area contributed by atoms with Crippen molar-refractivity contribution in [2.75, 3.05) is 12.3 Å². The monoisotopic (exact) mass is 249 g/mol. The van der Waals surface area contributed by atoms with E-state index in [4.69, 9.17) is 10.5 Å². The molecule has 2 N–H and O–H groups in total. The van der Waals surface area contributed by atoms with Crippen molar-refractivity contribution in [3.05, 3.63) is 16.8 Å². The Morgan fingerprint density at radius 3 is 3.12 bits per heavy atom. The molecule has 1 saturated carbocycles. The normalized spacial score (nSPS) is 15.6. The van der Waals surface area contributed by atoms with Crippen molar-refractivity contribution >= 4 is 27.4 Å². The Morgan fingerprint density at radius 1 is 1.53 bits per heavy atom. The average molecular weight is 249 g/mol. The molecule has 2 aromatic heterocycles. The van der Waals surface area contributed by atoms with Crippen LogP contribution in [0.25, 0.3) is 10.3 Å². The molecule has 4 nitrogen and oxygen atoms in total. The molecule has 0 aromatic carbocycles. The van der Waals surface area contributed by atoms with Gasteiger partial charge in [-0.1, -0.05) is 11.3 Å². The van der Waals surface area contributed by atoms with Crippen molar-refractivity contribution < 1.29 is 4.74 Å². The highest BCUT2D eigenvalue weighted by molar-refractivity contribution is 7.18. The molecule has 2 aromatic rings. The number of ether oxygens (including phenoxy) is 1. The van der Waals surface area contributed by atoms with E-state index in [-0.39, 0.29) is 0 Å². The standard InChI is InChI=1S/C12H15N3OS/c1-7-15-11-9(6-16-5-8-2-3-8)10(13)4-14-12(11)17-7/h4,8H,2-3,5-6,13H2,1H3. The van der Waals surface area contributed by atoms with Crippen LogP contribution < -0.4 is 5.73 Å². The first-order chi connectivity index (χ1) is 8.24. The van der Waals surface area contributed by atoms with Gasteiger partial charge in [0.1, 0.15) is 10.3 Å². The Labute approximate surface area is 104 Å². The van der Waals surface area contributed by atoms with E-state index in [1.54, 1.807) is 17.5 Å². The maximum atomic E-state index is 5.95. The van der Waals surface area contributed by atoms with Crippen LogP contribution in [0.5, 0.6) is 0 Å². The van der Waals surface area contributed by atoms with Gasteiger partial charge < -0.3 is 10.5 Å². The van der Waals surface area contributed by atoms with Gasteiger partial charge in [0.15, 0.2) is 0 Å². The van der Waals surface area contributed by atoms with Gasteiger partial charge in [0.25, 0.3) is 0 Å². The summed E-state index contributed by atoms with van der Waals surface area (Å²) in [4.78, 5) is 9.72. The van der Waals surface area contributed by atoms with Gasteiger partial charge in [-0.15, -0.1) is 0 Å². The molecular weight excluding hydrogens is 234 g/mol. The highest BCUT2D eigenvalue weighted by Gasteiger charge is 2.21. The van der Waals surface area contributed by atoms with Crippen LogP contribution >= 0.6 is 11.3 Å². The molecule has 2 heterocycles. The van der Waals surface area contributed by atoms with E-state index in [0.717, 1.165) is 33.4 Å². The first-order valence-electron chi connectivity index (χ1n) is 5.82. The summed E-state index contributed by atoms with van der Waals surface area (Å²) in [6.07, 6.45) is 4.31. The van der Waals surface area contributed by atoms with E-state index >= 15 is 0 Å². The predicted molar refractivity (Wildman–Crippen MR) is 68.9 cm³/mol. The van der Waals surface area contributed by atoms with E-state index in [1.165, 1.54) is 12.8 Å². The van der Waals surface area contributed by atoms with Crippen molar-refractivity contribution in [1.82, 2.24) is 9.97 Å². The van der Waals surface area contributed by atoms with Gasteiger partial charge in [-0.25, -0.2) is 9.97 Å². The van der Waals surface area contributed by atoms with Crippen molar-refractivity contribution in [3.63, 3.8) is 0 Å². The topological polar surface area (TPSA) is 61.0 Å². The highest BCUT2D eigenvalue weighted by Crippen LogP contribution is 2.30. The van der Waals surface area contributed by atoms with Crippen LogP contribution in [0.15, 0.2) is 6.20 Å². The van der Waals surface area contributed by atoms with Crippen LogP contribution in [0.3, 0.4) is 0 Å². The number of pyridine rings is 1. The molecule has 0 radical (unpaired) electrons. The van der Waals surface area contributed by atoms with E-state index < -0.39 is 0 Å². The Balaban J connectivity index is 1.86. The van der Waals surface area contributed by atoms with E-state index in [0.29, 0.717) is 12.3 Å². The van der Waals surface area contributed by atoms with E-state index in [9.17, 15) is 0 Å². The molecule has 1 aliphatic carbocycles. The SMILES string of the molecule is Cc1nc2c(COCC3CC3)c(N)cnc2s1. The van der Waals surface area contributed by atoms with Crippen LogP contribution in [0.1, 0.15) is 23.4 Å². The molecule has 0 saturated heterocycles. The van der Waals surface area contributed by atoms with Crippen LogP contribution in [0, 0.1) is 12.8 Å². The Morgan fingerprint density at radius 2 is 2.35 bits per heavy atom. The number of rotatable bonds is 4. The van der Waals surface area contributed by atoms with Gasteiger partial charge in [0.2, 0.25) is 0 Å². The second-order valence-electron chi connectivity index (χ2n) is 4.54. The molecule has 0 spiro atoms. The van der Waals surface area contributed by atoms with E-state index in [2.05, 4.69) is 9.97 Å². The lowest BCUT2D eigenvalue weighted by Gasteiger charge is -2.06. The number of nitrogen functional groups attached to an aromatic ring is 1. The lowest BCUT2D eigenvalue weighted by Crippen LogP contribution is -2.02. The zero-order valence-electron chi connectivity index (χ0n) is 9.77. The summed E-state index contributed by atoms with van der Waals surface area (Å²) in [6.45, 7) is 3.37. The highest BCUT2D eigenvalue weighted by atomic mass is 32.1. The van der Waals surface area contributed by atoms with Crippen LogP contribution in [0.2, 0.25) is 0 Å². The molecule has 90 valence electrons. The smallest absolute Gasteiger partial charge is 0.143 e. The summed E-state index contributed by atoms with van der Waals surface area (Å²) in [6, 6.07) is 0. The summed E-state index contributed by atoms with van der Waals surface area (Å²) < 4.78 is 5.70. The molecule has 0 amide bonds. The van der Waals surface area contributed by atoms with Gasteiger partial charge in [-0.2, -0.15) is 0 Å². The first-order valence-corrected chi connectivity index (χ1v) is 6.64. The lowest BCUT2D eigenvalue weighted by atomic mass is 10.2. The Hall–Kier alpha value is -1.20. The average Bonchev–Trinajstić information content (AvgIpc) is 3.03. The minimum Gasteiger partial charge on any atom is -0.397 e. The lowest BCUT2D eigenvalue weighted by molar-refractivity contribution is 0.112. The van der Waals surface area contributed by atoms with Crippen molar-refractivity contribution in [1.29, 1.82) is 0 Å². The molecule has 0 unspecified atom stereocenters. The number of hydrogen-bond acceptors (Lipinski definition) is 5. The van der Waals surface area contributed by atoms with Gasteiger partial charge in [0.05, 0.1) is 23.5 Å². The number of thiazole rings is 1. The summed E-state index contributed by atoms with van der Waals surface area (Å²) in [7, 11) is 0. The maximum absolute atomic E-state index is 5.95. The largest absolute Gasteiger partial charge is 0.397 e. The third-order valence-corrected chi connectivity index (χ3v) is 3.85. The fraction of sp³-hybridized carbons (Fsp3) is 0.500. The molecule has 1 fully saturated rings. The third kappa shape index (κ3) is 2.25. The number of anilines is 1. The van der Waals surface area contributed by atoms with Crippen LogP contribution in [-0.4, -0.2) is 16.6 Å². The molecule has 0 bridgehead atoms. The number of fused-ring (bicyclic) bond motifs is 1. The second kappa shape index (κ2) is 4.23. The molecule has 0 atom stereocenters. The Bertz CT molecular complexity index is 548. The summed E-state index contributed by atoms with van der Waals surface area (Å²) >= 11 is 1.59. The molecular formula is C12H15N3OS. The number of aryl methyl sites for hydroxylation is 1. The summed E-state index contributed by atoms with van der Waals surface area (Å²) in [5, 5.41) is 1.02. The van der Waals surface area contributed by atoms with Crippen molar-refractivity contribution in [2.45, 2.75) is 26.4 Å². The van der Waals surface area contributed by atoms with E-state index in [1.807, 2.05) is 6.92 Å². The molecule has 3 rings (SSSR count). The first kappa shape index (κ1) is 10.9. The van der Waals surface area contributed by atoms with Crippen molar-refractivity contribution in [2.24, 2.45) is 5.92 Å². The number of aromatic nitrogens is 2. The van der Waals surface area contributed by atoms with Crippen LogP contribution in [0.4, 0.5) is 5.69 Å². The van der Waals surface area contributed by atoms with Crippen molar-refractivity contribution in [3.8, 4) is 0 Å². The molecule has 5 heteroatoms.